The first kappa shape index (κ1) is 22.2. The van der Waals surface area contributed by atoms with E-state index in [-0.39, 0.29) is 35.8 Å². The van der Waals surface area contributed by atoms with Crippen LogP contribution in [0.3, 0.4) is 0 Å². The van der Waals surface area contributed by atoms with Gasteiger partial charge in [0, 0.05) is 12.1 Å². The minimum atomic E-state index is -0.953. The minimum absolute atomic E-state index is 0.105. The quantitative estimate of drug-likeness (QED) is 0.508. The van der Waals surface area contributed by atoms with Crippen molar-refractivity contribution in [2.24, 2.45) is 11.5 Å². The van der Waals surface area contributed by atoms with E-state index in [2.05, 4.69) is 15.6 Å². The molecule has 0 bridgehead atoms. The summed E-state index contributed by atoms with van der Waals surface area (Å²) in [6.07, 6.45) is 0.424. The Morgan fingerprint density at radius 2 is 1.83 bits per heavy atom. The van der Waals surface area contributed by atoms with Crippen molar-refractivity contribution in [3.63, 3.8) is 0 Å². The minimum Gasteiger partial charge on any atom is -0.364 e. The van der Waals surface area contributed by atoms with Crippen LogP contribution in [0.25, 0.3) is 11.1 Å². The number of carbonyl (C=O) groups excluding carboxylic acids is 4. The zero-order valence-corrected chi connectivity index (χ0v) is 18.3. The number of fused-ring (bicyclic) bond motifs is 2. The molecule has 5 N–H and O–H groups in total. The molecule has 5 rings (SSSR count). The molecule has 2 aliphatic heterocycles. The van der Waals surface area contributed by atoms with Gasteiger partial charge in [0.2, 0.25) is 5.91 Å². The molecule has 0 saturated carbocycles. The van der Waals surface area contributed by atoms with Gasteiger partial charge in [0.05, 0.1) is 17.3 Å². The fourth-order valence-corrected chi connectivity index (χ4v) is 4.67. The van der Waals surface area contributed by atoms with E-state index in [9.17, 15) is 23.6 Å². The maximum atomic E-state index is 14.3. The summed E-state index contributed by atoms with van der Waals surface area (Å²) in [6, 6.07) is 9.57. The lowest BCUT2D eigenvalue weighted by atomic mass is 9.95. The highest BCUT2D eigenvalue weighted by Gasteiger charge is 2.42. The van der Waals surface area contributed by atoms with Crippen LogP contribution in [0.15, 0.2) is 42.5 Å². The molecule has 2 atom stereocenters. The zero-order valence-electron chi connectivity index (χ0n) is 18.3. The number of benzene rings is 2. The highest BCUT2D eigenvalue weighted by atomic mass is 19.1. The van der Waals surface area contributed by atoms with Crippen LogP contribution in [0.2, 0.25) is 0 Å². The van der Waals surface area contributed by atoms with Gasteiger partial charge in [0.15, 0.2) is 11.4 Å². The van der Waals surface area contributed by atoms with Crippen molar-refractivity contribution in [3.8, 4) is 11.1 Å². The van der Waals surface area contributed by atoms with Gasteiger partial charge in [-0.05, 0) is 36.6 Å². The summed E-state index contributed by atoms with van der Waals surface area (Å²) in [5.41, 5.74) is 11.5. The lowest BCUT2D eigenvalue weighted by Crippen LogP contribution is -2.50. The van der Waals surface area contributed by atoms with E-state index in [1.807, 2.05) is 0 Å². The molecule has 1 saturated heterocycles. The number of aromatic nitrogens is 3. The number of nitrogens with zero attached hydrogens (tertiary/aromatic N) is 4. The fourth-order valence-electron chi connectivity index (χ4n) is 4.67. The summed E-state index contributed by atoms with van der Waals surface area (Å²) >= 11 is 0. The zero-order chi connectivity index (χ0) is 24.9. The van der Waals surface area contributed by atoms with Gasteiger partial charge in [-0.25, -0.2) is 9.07 Å². The van der Waals surface area contributed by atoms with Gasteiger partial charge in [-0.1, -0.05) is 29.5 Å². The molecule has 35 heavy (non-hydrogen) atoms. The van der Waals surface area contributed by atoms with E-state index in [4.69, 9.17) is 11.5 Å². The predicted molar refractivity (Wildman–Crippen MR) is 121 cm³/mol. The van der Waals surface area contributed by atoms with Crippen molar-refractivity contribution >= 4 is 29.3 Å². The Bertz CT molecular complexity index is 1400. The number of hydrogen-bond acceptors (Lipinski definition) is 6. The smallest absolute Gasteiger partial charge is 0.271 e. The van der Waals surface area contributed by atoms with Crippen LogP contribution in [-0.2, 0) is 4.79 Å². The second-order valence-corrected chi connectivity index (χ2v) is 8.38. The van der Waals surface area contributed by atoms with Crippen molar-refractivity contribution in [1.82, 2.24) is 19.9 Å². The Hall–Kier alpha value is -4.61. The Balaban J connectivity index is 1.48. The van der Waals surface area contributed by atoms with Crippen molar-refractivity contribution in [2.45, 2.75) is 24.9 Å². The molecule has 2 aromatic carbocycles. The Labute approximate surface area is 197 Å². The van der Waals surface area contributed by atoms with Crippen molar-refractivity contribution in [3.05, 3.63) is 65.2 Å². The third-order valence-electron chi connectivity index (χ3n) is 6.34. The third-order valence-corrected chi connectivity index (χ3v) is 6.34. The van der Waals surface area contributed by atoms with E-state index in [1.165, 1.54) is 15.6 Å². The molecule has 0 spiro atoms. The van der Waals surface area contributed by atoms with E-state index < -0.39 is 35.6 Å². The number of nitrogens with one attached hydrogen (secondary N) is 1. The highest BCUT2D eigenvalue weighted by molar-refractivity contribution is 6.10. The summed E-state index contributed by atoms with van der Waals surface area (Å²) in [4.78, 5) is 51.6. The van der Waals surface area contributed by atoms with Crippen LogP contribution in [-0.4, -0.2) is 56.1 Å². The monoisotopic (exact) mass is 477 g/mol. The molecule has 2 aliphatic rings. The molecule has 11 nitrogen and oxygen atoms in total. The molecule has 12 heteroatoms. The molecule has 1 fully saturated rings. The number of amides is 4. The first-order valence-electron chi connectivity index (χ1n) is 10.8. The van der Waals surface area contributed by atoms with Gasteiger partial charge >= 0.3 is 0 Å². The van der Waals surface area contributed by atoms with Crippen molar-refractivity contribution < 1.29 is 23.6 Å². The van der Waals surface area contributed by atoms with Crippen LogP contribution >= 0.6 is 0 Å². The number of nitrogens with two attached hydrogens (primary N) is 2. The molecule has 0 radical (unpaired) electrons. The molecule has 178 valence electrons. The normalized spacial score (nSPS) is 19.4. The highest BCUT2D eigenvalue weighted by Crippen LogP contribution is 2.35. The maximum Gasteiger partial charge on any atom is 0.271 e. The number of anilines is 1. The fraction of sp³-hybridized carbons (Fsp3) is 0.217. The number of piperidine rings is 1. The SMILES string of the molecule is NC(=O)c1nnn([C@H]2CCN3C(=O)c4cc(-c5ccccc5F)ccc4NC(=O)[C@@H]3C2)c1C(N)=O. The summed E-state index contributed by atoms with van der Waals surface area (Å²) in [5, 5.41) is 10.3. The Morgan fingerprint density at radius 3 is 2.54 bits per heavy atom. The van der Waals surface area contributed by atoms with Crippen molar-refractivity contribution in [2.75, 3.05) is 11.9 Å². The van der Waals surface area contributed by atoms with Crippen molar-refractivity contribution in [1.29, 1.82) is 0 Å². The number of primary amides is 2. The second kappa shape index (κ2) is 8.31. The Morgan fingerprint density at radius 1 is 1.06 bits per heavy atom. The molecule has 4 amide bonds. The van der Waals surface area contributed by atoms with Crippen LogP contribution < -0.4 is 16.8 Å². The number of rotatable bonds is 4. The standard InChI is InChI=1S/C23H20FN7O4/c24-15-4-2-1-3-13(15)11-5-6-16-14(9-11)23(35)30-8-7-12(10-17(30)22(34)27-16)31-19(21(26)33)18(20(25)32)28-29-31/h1-6,9,12,17H,7-8,10H2,(H2,25,32)(H2,26,33)(H,27,34)/t12-,17-/m0/s1. The lowest BCUT2D eigenvalue weighted by molar-refractivity contribution is -0.121. The first-order chi connectivity index (χ1) is 16.8. The van der Waals surface area contributed by atoms with Gasteiger partial charge < -0.3 is 21.7 Å². The van der Waals surface area contributed by atoms with Gasteiger partial charge in [0.1, 0.15) is 11.9 Å². The summed E-state index contributed by atoms with van der Waals surface area (Å²) < 4.78 is 15.5. The molecular weight excluding hydrogens is 457 g/mol. The van der Waals surface area contributed by atoms with E-state index in [1.54, 1.807) is 36.4 Å². The summed E-state index contributed by atoms with van der Waals surface area (Å²) in [7, 11) is 0. The molecule has 0 unspecified atom stereocenters. The van der Waals surface area contributed by atoms with Crippen LogP contribution in [0.1, 0.15) is 50.2 Å². The third kappa shape index (κ3) is 3.68. The number of carbonyl (C=O) groups is 4. The molecule has 0 aliphatic carbocycles. The maximum absolute atomic E-state index is 14.3. The van der Waals surface area contributed by atoms with E-state index in [0.29, 0.717) is 23.2 Å². The lowest BCUT2D eigenvalue weighted by Gasteiger charge is -2.37. The van der Waals surface area contributed by atoms with Crippen LogP contribution in [0.4, 0.5) is 10.1 Å². The van der Waals surface area contributed by atoms with Crippen LogP contribution in [0.5, 0.6) is 0 Å². The molecule has 3 aromatic rings. The van der Waals surface area contributed by atoms with Gasteiger partial charge in [-0.2, -0.15) is 0 Å². The molecule has 3 heterocycles. The average molecular weight is 477 g/mol. The summed E-state index contributed by atoms with van der Waals surface area (Å²) in [5.74, 6) is -3.11. The van der Waals surface area contributed by atoms with Gasteiger partial charge in [-0.15, -0.1) is 5.10 Å². The summed E-state index contributed by atoms with van der Waals surface area (Å²) in [6.45, 7) is 0.162. The van der Waals surface area contributed by atoms with E-state index >= 15 is 0 Å². The average Bonchev–Trinajstić information content (AvgIpc) is 3.26. The first-order valence-corrected chi connectivity index (χ1v) is 10.8. The number of hydrogen-bond donors (Lipinski definition) is 3. The molecule has 1 aromatic heterocycles. The molecular formula is C23H20FN7O4. The largest absolute Gasteiger partial charge is 0.364 e. The topological polar surface area (TPSA) is 166 Å². The van der Waals surface area contributed by atoms with Gasteiger partial charge in [0.25, 0.3) is 17.7 Å². The predicted octanol–water partition coefficient (Wildman–Crippen LogP) is 1.08. The number of halogens is 1. The van der Waals surface area contributed by atoms with Gasteiger partial charge in [-0.3, -0.25) is 19.2 Å². The van der Waals surface area contributed by atoms with E-state index in [0.717, 1.165) is 0 Å². The Kier molecular flexibility index (Phi) is 5.27. The second-order valence-electron chi connectivity index (χ2n) is 8.38. The van der Waals surface area contributed by atoms with Crippen LogP contribution in [0, 0.1) is 5.82 Å².